The van der Waals surface area contributed by atoms with Crippen LogP contribution in [0, 0.1) is 0 Å². The van der Waals surface area contributed by atoms with Crippen LogP contribution in [0.25, 0.3) is 0 Å². The number of benzene rings is 2. The standard InChI is InChI=1S/C21H28N2O7S2/c1-15-13-22(31(24,25)18-8-6-17(28-3)7-9-18)14-16(2)23(15)32(26,27)19-10-11-20(29-4)21(12-19)30-5/h6-12,15-16H,13-14H2,1-5H3/t15-,16+. The summed E-state index contributed by atoms with van der Waals surface area (Å²) >= 11 is 0. The van der Waals surface area contributed by atoms with Crippen LogP contribution in [0.1, 0.15) is 13.8 Å². The summed E-state index contributed by atoms with van der Waals surface area (Å²) in [6, 6.07) is 9.37. The molecule has 1 aliphatic heterocycles. The van der Waals surface area contributed by atoms with E-state index in [1.807, 2.05) is 0 Å². The maximum atomic E-state index is 13.4. The molecule has 176 valence electrons. The van der Waals surface area contributed by atoms with Gasteiger partial charge in [-0.3, -0.25) is 0 Å². The van der Waals surface area contributed by atoms with Gasteiger partial charge >= 0.3 is 0 Å². The van der Waals surface area contributed by atoms with Crippen LogP contribution < -0.4 is 14.2 Å². The normalized spacial score (nSPS) is 20.7. The van der Waals surface area contributed by atoms with E-state index in [9.17, 15) is 16.8 Å². The van der Waals surface area contributed by atoms with Gasteiger partial charge in [-0.05, 0) is 50.2 Å². The number of rotatable bonds is 7. The van der Waals surface area contributed by atoms with Crippen molar-refractivity contribution >= 4 is 20.0 Å². The fourth-order valence-electron chi connectivity index (χ4n) is 3.92. The molecule has 9 nitrogen and oxygen atoms in total. The lowest BCUT2D eigenvalue weighted by Gasteiger charge is -2.42. The molecule has 0 aromatic heterocycles. The Morgan fingerprint density at radius 1 is 0.719 bits per heavy atom. The smallest absolute Gasteiger partial charge is 0.243 e. The van der Waals surface area contributed by atoms with E-state index >= 15 is 0 Å². The van der Waals surface area contributed by atoms with Crippen LogP contribution in [0.4, 0.5) is 0 Å². The van der Waals surface area contributed by atoms with E-state index in [4.69, 9.17) is 14.2 Å². The molecule has 0 spiro atoms. The molecule has 1 fully saturated rings. The van der Waals surface area contributed by atoms with Crippen molar-refractivity contribution in [3.8, 4) is 17.2 Å². The third-order valence-electron chi connectivity index (χ3n) is 5.43. The Kier molecular flexibility index (Phi) is 7.03. The number of hydrogen-bond acceptors (Lipinski definition) is 7. The van der Waals surface area contributed by atoms with E-state index in [-0.39, 0.29) is 22.9 Å². The topological polar surface area (TPSA) is 102 Å². The number of hydrogen-bond donors (Lipinski definition) is 0. The van der Waals surface area contributed by atoms with E-state index in [0.717, 1.165) is 0 Å². The zero-order chi connectivity index (χ0) is 23.7. The van der Waals surface area contributed by atoms with Crippen LogP contribution in [0.2, 0.25) is 0 Å². The molecule has 0 radical (unpaired) electrons. The largest absolute Gasteiger partial charge is 0.497 e. The third kappa shape index (κ3) is 4.42. The minimum absolute atomic E-state index is 0.0330. The first-order chi connectivity index (χ1) is 15.1. The number of methoxy groups -OCH3 is 3. The Labute approximate surface area is 189 Å². The van der Waals surface area contributed by atoms with Crippen LogP contribution in [0.15, 0.2) is 52.3 Å². The summed E-state index contributed by atoms with van der Waals surface area (Å²) in [6.07, 6.45) is 0. The van der Waals surface area contributed by atoms with Gasteiger partial charge in [0.05, 0.1) is 31.1 Å². The van der Waals surface area contributed by atoms with Crippen LogP contribution in [0.5, 0.6) is 17.2 Å². The number of piperazine rings is 1. The van der Waals surface area contributed by atoms with Crippen LogP contribution in [0.3, 0.4) is 0 Å². The number of sulfonamides is 2. The highest BCUT2D eigenvalue weighted by molar-refractivity contribution is 7.89. The Morgan fingerprint density at radius 2 is 1.25 bits per heavy atom. The molecule has 2 atom stereocenters. The highest BCUT2D eigenvalue weighted by atomic mass is 32.2. The summed E-state index contributed by atoms with van der Waals surface area (Å²) < 4.78 is 71.3. The van der Waals surface area contributed by atoms with Crippen LogP contribution in [-0.2, 0) is 20.0 Å². The fraction of sp³-hybridized carbons (Fsp3) is 0.429. The summed E-state index contributed by atoms with van der Waals surface area (Å²) in [5, 5.41) is 0. The number of nitrogens with zero attached hydrogens (tertiary/aromatic N) is 2. The summed E-state index contributed by atoms with van der Waals surface area (Å²) in [5.41, 5.74) is 0. The molecule has 32 heavy (non-hydrogen) atoms. The molecule has 3 rings (SSSR count). The highest BCUT2D eigenvalue weighted by Crippen LogP contribution is 2.33. The summed E-state index contributed by atoms with van der Waals surface area (Å²) in [4.78, 5) is 0.189. The van der Waals surface area contributed by atoms with Crippen LogP contribution in [-0.4, -0.2) is 71.9 Å². The van der Waals surface area contributed by atoms with Gasteiger partial charge in [0.25, 0.3) is 0 Å². The molecule has 0 aliphatic carbocycles. The van der Waals surface area contributed by atoms with Crippen LogP contribution >= 0.6 is 0 Å². The van der Waals surface area contributed by atoms with Crippen molar-refractivity contribution in [1.82, 2.24) is 8.61 Å². The molecule has 0 amide bonds. The van der Waals surface area contributed by atoms with Gasteiger partial charge in [-0.1, -0.05) is 0 Å². The van der Waals surface area contributed by atoms with E-state index in [2.05, 4.69) is 0 Å². The van der Waals surface area contributed by atoms with Gasteiger partial charge in [-0.15, -0.1) is 0 Å². The molecule has 1 aliphatic rings. The zero-order valence-electron chi connectivity index (χ0n) is 18.7. The van der Waals surface area contributed by atoms with Crippen molar-refractivity contribution in [2.45, 2.75) is 35.7 Å². The molecule has 0 saturated carbocycles. The van der Waals surface area contributed by atoms with E-state index in [1.165, 1.54) is 60.3 Å². The molecule has 11 heteroatoms. The molecular formula is C21H28N2O7S2. The van der Waals surface area contributed by atoms with Crippen molar-refractivity contribution in [2.24, 2.45) is 0 Å². The SMILES string of the molecule is COc1ccc(S(=O)(=O)N2C[C@@H](C)N(S(=O)(=O)c3ccc(OC)c(OC)c3)[C@@H](C)C2)cc1. The minimum atomic E-state index is -3.90. The van der Waals surface area contributed by atoms with E-state index in [0.29, 0.717) is 17.2 Å². The minimum Gasteiger partial charge on any atom is -0.497 e. The maximum Gasteiger partial charge on any atom is 0.243 e. The molecule has 1 saturated heterocycles. The molecule has 0 N–H and O–H groups in total. The molecule has 2 aromatic rings. The van der Waals surface area contributed by atoms with Crippen molar-refractivity contribution in [2.75, 3.05) is 34.4 Å². The summed E-state index contributed by atoms with van der Waals surface area (Å²) in [7, 11) is -3.28. The summed E-state index contributed by atoms with van der Waals surface area (Å²) in [6.45, 7) is 3.46. The zero-order valence-corrected chi connectivity index (χ0v) is 20.3. The predicted molar refractivity (Wildman–Crippen MR) is 119 cm³/mol. The average Bonchev–Trinajstić information content (AvgIpc) is 2.77. The van der Waals surface area contributed by atoms with Crippen molar-refractivity contribution in [3.63, 3.8) is 0 Å². The second kappa shape index (κ2) is 9.26. The summed E-state index contributed by atoms with van der Waals surface area (Å²) in [5.74, 6) is 1.27. The first kappa shape index (κ1) is 24.3. The van der Waals surface area contributed by atoms with E-state index < -0.39 is 32.1 Å². The van der Waals surface area contributed by atoms with Gasteiger partial charge in [-0.2, -0.15) is 8.61 Å². The second-order valence-corrected chi connectivity index (χ2v) is 11.3. The van der Waals surface area contributed by atoms with Gasteiger partial charge in [-0.25, -0.2) is 16.8 Å². The Hall–Kier alpha value is -2.34. The van der Waals surface area contributed by atoms with Crippen molar-refractivity contribution < 1.29 is 31.0 Å². The monoisotopic (exact) mass is 484 g/mol. The Morgan fingerprint density at radius 3 is 1.75 bits per heavy atom. The Balaban J connectivity index is 1.88. The lowest BCUT2D eigenvalue weighted by molar-refractivity contribution is 0.159. The predicted octanol–water partition coefficient (Wildman–Crippen LogP) is 2.18. The van der Waals surface area contributed by atoms with Gasteiger partial charge in [0, 0.05) is 31.2 Å². The highest BCUT2D eigenvalue weighted by Gasteiger charge is 2.42. The first-order valence-corrected chi connectivity index (χ1v) is 12.8. The molecule has 2 aromatic carbocycles. The van der Waals surface area contributed by atoms with Crippen molar-refractivity contribution in [3.05, 3.63) is 42.5 Å². The Bertz CT molecular complexity index is 1150. The van der Waals surface area contributed by atoms with Gasteiger partial charge in [0.15, 0.2) is 11.5 Å². The molecule has 0 unspecified atom stereocenters. The third-order valence-corrected chi connectivity index (χ3v) is 9.40. The lowest BCUT2D eigenvalue weighted by Crippen LogP contribution is -2.59. The molecule has 1 heterocycles. The van der Waals surface area contributed by atoms with Gasteiger partial charge < -0.3 is 14.2 Å². The average molecular weight is 485 g/mol. The maximum absolute atomic E-state index is 13.4. The lowest BCUT2D eigenvalue weighted by atomic mass is 10.2. The molecular weight excluding hydrogens is 456 g/mol. The first-order valence-electron chi connectivity index (χ1n) is 9.96. The van der Waals surface area contributed by atoms with Gasteiger partial charge in [0.2, 0.25) is 20.0 Å². The second-order valence-electron chi connectivity index (χ2n) is 7.55. The van der Waals surface area contributed by atoms with Gasteiger partial charge in [0.1, 0.15) is 5.75 Å². The van der Waals surface area contributed by atoms with Crippen molar-refractivity contribution in [1.29, 1.82) is 0 Å². The number of ether oxygens (including phenoxy) is 3. The van der Waals surface area contributed by atoms with E-state index in [1.54, 1.807) is 26.0 Å². The fourth-order valence-corrected chi connectivity index (χ4v) is 7.35. The quantitative estimate of drug-likeness (QED) is 0.594. The molecule has 0 bridgehead atoms.